The van der Waals surface area contributed by atoms with Crippen LogP contribution in [0.5, 0.6) is 0 Å². The maximum atomic E-state index is 11.5. The second kappa shape index (κ2) is 4.87. The van der Waals surface area contributed by atoms with Gasteiger partial charge in [-0.1, -0.05) is 20.8 Å². The van der Waals surface area contributed by atoms with Crippen molar-refractivity contribution in [2.45, 2.75) is 33.7 Å². The van der Waals surface area contributed by atoms with Gasteiger partial charge in [0.25, 0.3) is 0 Å². The lowest BCUT2D eigenvalue weighted by atomic mass is 9.92. The lowest BCUT2D eigenvalue weighted by Gasteiger charge is -2.16. The van der Waals surface area contributed by atoms with Crippen LogP contribution in [0.1, 0.15) is 32.9 Å². The van der Waals surface area contributed by atoms with E-state index in [-0.39, 0.29) is 11.3 Å². The molecule has 0 aliphatic carbocycles. The maximum absolute atomic E-state index is 11.5. The van der Waals surface area contributed by atoms with Gasteiger partial charge in [-0.05, 0) is 5.41 Å². The Morgan fingerprint density at radius 2 is 2.13 bits per heavy atom. The van der Waals surface area contributed by atoms with E-state index >= 15 is 0 Å². The first-order valence-electron chi connectivity index (χ1n) is 4.99. The predicted octanol–water partition coefficient (Wildman–Crippen LogP) is 1.53. The minimum atomic E-state index is 0.0203. The van der Waals surface area contributed by atoms with Gasteiger partial charge in [0.05, 0.1) is 18.4 Å². The van der Waals surface area contributed by atoms with E-state index in [1.54, 1.807) is 18.6 Å². The molecule has 0 atom stereocenters. The Bertz CT molecular complexity index is 316. The van der Waals surface area contributed by atoms with Gasteiger partial charge >= 0.3 is 0 Å². The highest BCUT2D eigenvalue weighted by molar-refractivity contribution is 5.76. The summed E-state index contributed by atoms with van der Waals surface area (Å²) in [5.41, 5.74) is 0.798. The number of hydrogen-bond acceptors (Lipinski definition) is 3. The quantitative estimate of drug-likeness (QED) is 0.817. The molecule has 0 fully saturated rings. The number of nitrogens with zero attached hydrogens (tertiary/aromatic N) is 2. The van der Waals surface area contributed by atoms with Crippen LogP contribution < -0.4 is 5.32 Å². The third-order valence-corrected chi connectivity index (χ3v) is 1.77. The first-order chi connectivity index (χ1) is 6.97. The van der Waals surface area contributed by atoms with Crippen molar-refractivity contribution in [2.75, 3.05) is 0 Å². The number of amides is 1. The molecule has 0 saturated heterocycles. The van der Waals surface area contributed by atoms with Crippen LogP contribution in [0.4, 0.5) is 0 Å². The second-order valence-electron chi connectivity index (χ2n) is 4.71. The number of hydrogen-bond donors (Lipinski definition) is 1. The number of carbonyl (C=O) groups excluding carboxylic acids is 1. The summed E-state index contributed by atoms with van der Waals surface area (Å²) < 4.78 is 0. The van der Waals surface area contributed by atoms with E-state index in [9.17, 15) is 4.79 Å². The molecule has 1 aromatic heterocycles. The molecule has 0 spiro atoms. The molecule has 0 radical (unpaired) electrons. The Hall–Kier alpha value is -1.45. The van der Waals surface area contributed by atoms with Gasteiger partial charge in [0.15, 0.2) is 0 Å². The topological polar surface area (TPSA) is 54.9 Å². The van der Waals surface area contributed by atoms with Crippen molar-refractivity contribution in [3.8, 4) is 0 Å². The summed E-state index contributed by atoms with van der Waals surface area (Å²) in [7, 11) is 0. The zero-order valence-corrected chi connectivity index (χ0v) is 9.45. The molecule has 1 rings (SSSR count). The van der Waals surface area contributed by atoms with Gasteiger partial charge < -0.3 is 5.32 Å². The molecule has 15 heavy (non-hydrogen) atoms. The average molecular weight is 207 g/mol. The van der Waals surface area contributed by atoms with Gasteiger partial charge in [-0.3, -0.25) is 14.8 Å². The van der Waals surface area contributed by atoms with Gasteiger partial charge in [0.2, 0.25) is 5.91 Å². The van der Waals surface area contributed by atoms with E-state index in [2.05, 4.69) is 15.3 Å². The Labute approximate surface area is 90.1 Å². The third-order valence-electron chi connectivity index (χ3n) is 1.77. The highest BCUT2D eigenvalue weighted by Crippen LogP contribution is 2.17. The summed E-state index contributed by atoms with van der Waals surface area (Å²) in [4.78, 5) is 19.5. The molecule has 4 nitrogen and oxygen atoms in total. The third kappa shape index (κ3) is 5.10. The van der Waals surface area contributed by atoms with E-state index in [0.717, 1.165) is 5.69 Å². The lowest BCUT2D eigenvalue weighted by Crippen LogP contribution is -2.27. The minimum absolute atomic E-state index is 0.0203. The van der Waals surface area contributed by atoms with Gasteiger partial charge in [-0.2, -0.15) is 0 Å². The number of rotatable bonds is 3. The molecule has 0 bridgehead atoms. The van der Waals surface area contributed by atoms with E-state index < -0.39 is 0 Å². The van der Waals surface area contributed by atoms with Gasteiger partial charge in [0, 0.05) is 18.8 Å². The van der Waals surface area contributed by atoms with E-state index in [4.69, 9.17) is 0 Å². The van der Waals surface area contributed by atoms with Crippen LogP contribution in [0.3, 0.4) is 0 Å². The number of aromatic nitrogens is 2. The summed E-state index contributed by atoms with van der Waals surface area (Å²) in [6, 6.07) is 0. The standard InChI is InChI=1S/C11H17N3O/c1-11(2,3)6-10(15)14-8-9-7-12-4-5-13-9/h4-5,7H,6,8H2,1-3H3,(H,14,15). The van der Waals surface area contributed by atoms with Crippen LogP contribution in [-0.2, 0) is 11.3 Å². The molecular formula is C11H17N3O. The summed E-state index contributed by atoms with van der Waals surface area (Å²) in [6.45, 7) is 6.56. The molecule has 0 unspecified atom stereocenters. The summed E-state index contributed by atoms with van der Waals surface area (Å²) in [5.74, 6) is 0.0492. The fourth-order valence-electron chi connectivity index (χ4n) is 1.15. The molecule has 0 aliphatic heterocycles. The van der Waals surface area contributed by atoms with E-state index in [0.29, 0.717) is 13.0 Å². The Morgan fingerprint density at radius 3 is 2.67 bits per heavy atom. The monoisotopic (exact) mass is 207 g/mol. The molecule has 0 aliphatic rings. The average Bonchev–Trinajstić information content (AvgIpc) is 2.14. The highest BCUT2D eigenvalue weighted by atomic mass is 16.1. The molecule has 1 amide bonds. The first-order valence-corrected chi connectivity index (χ1v) is 4.99. The van der Waals surface area contributed by atoms with Gasteiger partial charge in [-0.15, -0.1) is 0 Å². The van der Waals surface area contributed by atoms with Crippen LogP contribution in [0.15, 0.2) is 18.6 Å². The molecular weight excluding hydrogens is 190 g/mol. The van der Waals surface area contributed by atoms with Crippen LogP contribution in [0.2, 0.25) is 0 Å². The number of nitrogens with one attached hydrogen (secondary N) is 1. The number of carbonyl (C=O) groups is 1. The molecule has 0 aromatic carbocycles. The smallest absolute Gasteiger partial charge is 0.220 e. The fraction of sp³-hybridized carbons (Fsp3) is 0.545. The molecule has 1 N–H and O–H groups in total. The largest absolute Gasteiger partial charge is 0.350 e. The van der Waals surface area contributed by atoms with Crippen molar-refractivity contribution in [2.24, 2.45) is 5.41 Å². The zero-order chi connectivity index (χ0) is 11.3. The summed E-state index contributed by atoms with van der Waals surface area (Å²) in [6.07, 6.45) is 5.40. The molecule has 0 saturated carbocycles. The Morgan fingerprint density at radius 1 is 1.40 bits per heavy atom. The van der Waals surface area contributed by atoms with Crippen molar-refractivity contribution in [3.63, 3.8) is 0 Å². The highest BCUT2D eigenvalue weighted by Gasteiger charge is 2.15. The fourth-order valence-corrected chi connectivity index (χ4v) is 1.15. The van der Waals surface area contributed by atoms with Crippen LogP contribution >= 0.6 is 0 Å². The second-order valence-corrected chi connectivity index (χ2v) is 4.71. The van der Waals surface area contributed by atoms with Crippen molar-refractivity contribution in [3.05, 3.63) is 24.3 Å². The van der Waals surface area contributed by atoms with Crippen LogP contribution in [0, 0.1) is 5.41 Å². The van der Waals surface area contributed by atoms with E-state index in [1.807, 2.05) is 20.8 Å². The zero-order valence-electron chi connectivity index (χ0n) is 9.45. The Balaban J connectivity index is 2.35. The van der Waals surface area contributed by atoms with Gasteiger partial charge in [-0.25, -0.2) is 0 Å². The van der Waals surface area contributed by atoms with Crippen LogP contribution in [0.25, 0.3) is 0 Å². The molecule has 1 aromatic rings. The maximum Gasteiger partial charge on any atom is 0.220 e. The Kier molecular flexibility index (Phi) is 3.77. The van der Waals surface area contributed by atoms with Crippen molar-refractivity contribution in [1.29, 1.82) is 0 Å². The predicted molar refractivity (Wildman–Crippen MR) is 58.0 cm³/mol. The minimum Gasteiger partial charge on any atom is -0.350 e. The molecule has 82 valence electrons. The van der Waals surface area contributed by atoms with Gasteiger partial charge in [0.1, 0.15) is 0 Å². The summed E-state index contributed by atoms with van der Waals surface area (Å²) in [5, 5.41) is 2.81. The van der Waals surface area contributed by atoms with Crippen molar-refractivity contribution >= 4 is 5.91 Å². The SMILES string of the molecule is CC(C)(C)CC(=O)NCc1cnccn1. The molecule has 1 heterocycles. The summed E-state index contributed by atoms with van der Waals surface area (Å²) >= 11 is 0. The van der Waals surface area contributed by atoms with Crippen molar-refractivity contribution < 1.29 is 4.79 Å². The lowest BCUT2D eigenvalue weighted by molar-refractivity contribution is -0.122. The molecule has 4 heteroatoms. The van der Waals surface area contributed by atoms with Crippen molar-refractivity contribution in [1.82, 2.24) is 15.3 Å². The first kappa shape index (κ1) is 11.6. The normalized spacial score (nSPS) is 11.1. The van der Waals surface area contributed by atoms with E-state index in [1.165, 1.54) is 0 Å². The van der Waals surface area contributed by atoms with Crippen LogP contribution in [-0.4, -0.2) is 15.9 Å².